The van der Waals surface area contributed by atoms with Crippen LogP contribution in [0.25, 0.3) is 0 Å². The number of allylic oxidation sites excluding steroid dienone is 4. The molecule has 1 aliphatic heterocycles. The third-order valence-corrected chi connectivity index (χ3v) is 4.21. The van der Waals surface area contributed by atoms with E-state index in [1.54, 1.807) is 0 Å². The molecule has 0 aromatic rings. The Balaban J connectivity index is 3.04. The first-order valence-electron chi connectivity index (χ1n) is 7.46. The highest BCUT2D eigenvalue weighted by molar-refractivity contribution is 6.55. The van der Waals surface area contributed by atoms with E-state index in [0.29, 0.717) is 0 Å². The third kappa shape index (κ3) is 3.73. The van der Waals surface area contributed by atoms with Crippen molar-refractivity contribution < 1.29 is 13.7 Å². The summed E-state index contributed by atoms with van der Waals surface area (Å²) in [6.45, 7) is 13.7. The first-order chi connectivity index (χ1) is 9.14. The van der Waals surface area contributed by atoms with Crippen LogP contribution in [-0.2, 0) is 9.31 Å². The summed E-state index contributed by atoms with van der Waals surface area (Å²) in [5.74, 6) is 0.183. The second-order valence-corrected chi connectivity index (χ2v) is 6.71. The molecule has 0 aromatic carbocycles. The fourth-order valence-corrected chi connectivity index (χ4v) is 2.01. The van der Waals surface area contributed by atoms with Gasteiger partial charge in [-0.3, -0.25) is 0 Å². The monoisotopic (exact) mass is 282 g/mol. The molecule has 114 valence electrons. The average molecular weight is 282 g/mol. The van der Waals surface area contributed by atoms with E-state index in [1.807, 2.05) is 47.6 Å². The van der Waals surface area contributed by atoms with Crippen molar-refractivity contribution in [3.63, 3.8) is 0 Å². The van der Waals surface area contributed by atoms with E-state index in [0.717, 1.165) is 17.5 Å². The molecule has 2 nitrogen and oxygen atoms in total. The molecule has 0 radical (unpaired) electrons. The predicted octanol–water partition coefficient (Wildman–Crippen LogP) is 4.51. The molecule has 0 aliphatic carbocycles. The van der Waals surface area contributed by atoms with Crippen LogP contribution in [0.4, 0.5) is 4.39 Å². The summed E-state index contributed by atoms with van der Waals surface area (Å²) < 4.78 is 25.2. The van der Waals surface area contributed by atoms with Gasteiger partial charge in [0.15, 0.2) is 0 Å². The zero-order valence-electron chi connectivity index (χ0n) is 13.9. The van der Waals surface area contributed by atoms with Crippen LogP contribution in [0.2, 0.25) is 0 Å². The van der Waals surface area contributed by atoms with E-state index >= 15 is 0 Å². The van der Waals surface area contributed by atoms with Gasteiger partial charge in [0, 0.05) is 0 Å². The van der Waals surface area contributed by atoms with Crippen molar-refractivity contribution in [1.82, 2.24) is 0 Å². The van der Waals surface area contributed by atoms with Crippen molar-refractivity contribution in [3.05, 3.63) is 23.2 Å². The minimum Gasteiger partial charge on any atom is -0.399 e. The molecule has 0 saturated carbocycles. The lowest BCUT2D eigenvalue weighted by Crippen LogP contribution is -2.41. The van der Waals surface area contributed by atoms with Gasteiger partial charge in [-0.2, -0.15) is 0 Å². The number of hydrogen-bond acceptors (Lipinski definition) is 2. The Hall–Kier alpha value is -0.605. The van der Waals surface area contributed by atoms with Crippen molar-refractivity contribution in [3.8, 4) is 0 Å². The second-order valence-electron chi connectivity index (χ2n) is 6.71. The lowest BCUT2D eigenvalue weighted by atomic mass is 9.76. The van der Waals surface area contributed by atoms with Crippen molar-refractivity contribution in [2.45, 2.75) is 66.1 Å². The van der Waals surface area contributed by atoms with Crippen LogP contribution in [0.15, 0.2) is 23.2 Å². The van der Waals surface area contributed by atoms with E-state index in [1.165, 1.54) is 0 Å². The maximum atomic E-state index is 13.1. The van der Waals surface area contributed by atoms with Gasteiger partial charge in [-0.1, -0.05) is 32.9 Å². The van der Waals surface area contributed by atoms with Gasteiger partial charge in [-0.25, -0.2) is 4.39 Å². The van der Waals surface area contributed by atoms with Gasteiger partial charge in [0.2, 0.25) is 0 Å². The SMILES string of the molecule is CCC=C(C=C(CF)C(C)C)B1OC(C)(C)C(C)(C)O1. The quantitative estimate of drug-likeness (QED) is 0.545. The standard InChI is InChI=1S/C16H28BFO2/c1-8-9-14(10-13(11-18)12(2)3)17-19-15(4,5)16(6,7)20-17/h9-10,12H,8,11H2,1-7H3. The van der Waals surface area contributed by atoms with E-state index in [-0.39, 0.29) is 17.1 Å². The Morgan fingerprint density at radius 1 is 1.15 bits per heavy atom. The van der Waals surface area contributed by atoms with Gasteiger partial charge in [-0.15, -0.1) is 0 Å². The predicted molar refractivity (Wildman–Crippen MR) is 83.4 cm³/mol. The van der Waals surface area contributed by atoms with Gasteiger partial charge in [0.25, 0.3) is 0 Å². The molecule has 1 rings (SSSR count). The molecule has 1 aliphatic rings. The minimum atomic E-state index is -0.432. The maximum absolute atomic E-state index is 13.1. The molecular weight excluding hydrogens is 254 g/mol. The Kier molecular flexibility index (Phi) is 5.62. The molecule has 1 heterocycles. The molecule has 0 spiro atoms. The summed E-state index contributed by atoms with van der Waals surface area (Å²) in [7, 11) is -0.416. The maximum Gasteiger partial charge on any atom is 0.494 e. The topological polar surface area (TPSA) is 18.5 Å². The van der Waals surface area contributed by atoms with Gasteiger partial charge in [0.1, 0.15) is 6.67 Å². The average Bonchev–Trinajstić information content (AvgIpc) is 2.53. The van der Waals surface area contributed by atoms with Crippen LogP contribution >= 0.6 is 0 Å². The van der Waals surface area contributed by atoms with Crippen LogP contribution < -0.4 is 0 Å². The van der Waals surface area contributed by atoms with Gasteiger partial charge >= 0.3 is 7.12 Å². The Bertz CT molecular complexity index is 381. The van der Waals surface area contributed by atoms with E-state index in [2.05, 4.69) is 13.0 Å². The minimum absolute atomic E-state index is 0.183. The van der Waals surface area contributed by atoms with E-state index < -0.39 is 13.8 Å². The fourth-order valence-electron chi connectivity index (χ4n) is 2.01. The highest BCUT2D eigenvalue weighted by Crippen LogP contribution is 2.39. The molecule has 1 fully saturated rings. The largest absolute Gasteiger partial charge is 0.494 e. The molecule has 20 heavy (non-hydrogen) atoms. The van der Waals surface area contributed by atoms with Gasteiger partial charge < -0.3 is 9.31 Å². The molecular formula is C16H28BFO2. The normalized spacial score (nSPS) is 22.8. The first-order valence-corrected chi connectivity index (χ1v) is 7.46. The summed E-state index contributed by atoms with van der Waals surface area (Å²) >= 11 is 0. The van der Waals surface area contributed by atoms with E-state index in [4.69, 9.17) is 9.31 Å². The first kappa shape index (κ1) is 17.4. The lowest BCUT2D eigenvalue weighted by molar-refractivity contribution is 0.00578. The van der Waals surface area contributed by atoms with Crippen LogP contribution in [0, 0.1) is 5.92 Å². The molecule has 0 atom stereocenters. The highest BCUT2D eigenvalue weighted by atomic mass is 19.1. The van der Waals surface area contributed by atoms with Gasteiger partial charge in [0.05, 0.1) is 11.2 Å². The molecule has 0 amide bonds. The third-order valence-electron chi connectivity index (χ3n) is 4.21. The zero-order valence-corrected chi connectivity index (χ0v) is 13.9. The summed E-state index contributed by atoms with van der Waals surface area (Å²) in [4.78, 5) is 0. The number of alkyl halides is 1. The van der Waals surface area contributed by atoms with Crippen LogP contribution in [0.5, 0.6) is 0 Å². The number of hydrogen-bond donors (Lipinski definition) is 0. The Morgan fingerprint density at radius 3 is 2.00 bits per heavy atom. The molecule has 0 bridgehead atoms. The Labute approximate surface area is 123 Å². The zero-order chi connectivity index (χ0) is 15.6. The van der Waals surface area contributed by atoms with Crippen LogP contribution in [-0.4, -0.2) is 25.0 Å². The molecule has 0 aromatic heterocycles. The summed E-state index contributed by atoms with van der Waals surface area (Å²) in [5, 5.41) is 0. The highest BCUT2D eigenvalue weighted by Gasteiger charge is 2.52. The molecule has 0 N–H and O–H groups in total. The van der Waals surface area contributed by atoms with Crippen molar-refractivity contribution in [1.29, 1.82) is 0 Å². The smallest absolute Gasteiger partial charge is 0.399 e. The van der Waals surface area contributed by atoms with Crippen LogP contribution in [0.1, 0.15) is 54.9 Å². The molecule has 0 unspecified atom stereocenters. The fraction of sp³-hybridized carbons (Fsp3) is 0.750. The molecule has 1 saturated heterocycles. The number of halogens is 1. The second kappa shape index (κ2) is 6.44. The summed E-state index contributed by atoms with van der Waals surface area (Å²) in [5.41, 5.74) is 0.963. The van der Waals surface area contributed by atoms with Crippen molar-refractivity contribution >= 4 is 7.12 Å². The van der Waals surface area contributed by atoms with E-state index in [9.17, 15) is 4.39 Å². The van der Waals surface area contributed by atoms with Crippen molar-refractivity contribution in [2.24, 2.45) is 5.92 Å². The number of rotatable bonds is 5. The van der Waals surface area contributed by atoms with Crippen molar-refractivity contribution in [2.75, 3.05) is 6.67 Å². The Morgan fingerprint density at radius 2 is 1.65 bits per heavy atom. The van der Waals surface area contributed by atoms with Gasteiger partial charge in [-0.05, 0) is 51.1 Å². The lowest BCUT2D eigenvalue weighted by Gasteiger charge is -2.32. The molecule has 4 heteroatoms. The summed E-state index contributed by atoms with van der Waals surface area (Å²) in [6.07, 6.45) is 4.82. The van der Waals surface area contributed by atoms with Crippen LogP contribution in [0.3, 0.4) is 0 Å². The summed E-state index contributed by atoms with van der Waals surface area (Å²) in [6, 6.07) is 0.